The summed E-state index contributed by atoms with van der Waals surface area (Å²) in [4.78, 5) is 4.60. The van der Waals surface area contributed by atoms with Crippen LogP contribution >= 0.6 is 0 Å². The number of anilines is 1. The van der Waals surface area contributed by atoms with Crippen molar-refractivity contribution in [1.82, 2.24) is 4.90 Å². The Morgan fingerprint density at radius 1 is 1.42 bits per heavy atom. The van der Waals surface area contributed by atoms with Crippen LogP contribution in [0, 0.1) is 17.1 Å². The minimum Gasteiger partial charge on any atom is -0.367 e. The Hall–Kier alpha value is -1.60. The van der Waals surface area contributed by atoms with Gasteiger partial charge in [-0.15, -0.1) is 0 Å². The van der Waals surface area contributed by atoms with Crippen LogP contribution in [0.4, 0.5) is 10.1 Å². The van der Waals surface area contributed by atoms with Gasteiger partial charge in [-0.05, 0) is 44.6 Å². The molecule has 1 saturated heterocycles. The molecule has 0 aromatic heterocycles. The quantitative estimate of drug-likeness (QED) is 0.820. The van der Waals surface area contributed by atoms with Crippen molar-refractivity contribution >= 4 is 5.69 Å². The molecule has 0 amide bonds. The maximum atomic E-state index is 13.8. The predicted octanol–water partition coefficient (Wildman–Crippen LogP) is 2.62. The van der Waals surface area contributed by atoms with E-state index in [0.717, 1.165) is 38.2 Å². The Morgan fingerprint density at radius 2 is 2.21 bits per heavy atom. The SMILES string of the molecule is CCC1CN(C)CCCN1c1ccc(C#N)c(F)c1. The van der Waals surface area contributed by atoms with Crippen molar-refractivity contribution in [1.29, 1.82) is 5.26 Å². The van der Waals surface area contributed by atoms with Crippen molar-refractivity contribution < 1.29 is 4.39 Å². The third kappa shape index (κ3) is 3.05. The average molecular weight is 261 g/mol. The van der Waals surface area contributed by atoms with E-state index in [1.165, 1.54) is 6.07 Å². The lowest BCUT2D eigenvalue weighted by atomic mass is 10.1. The van der Waals surface area contributed by atoms with Crippen molar-refractivity contribution in [3.63, 3.8) is 0 Å². The van der Waals surface area contributed by atoms with Crippen molar-refractivity contribution in [2.45, 2.75) is 25.8 Å². The summed E-state index contributed by atoms with van der Waals surface area (Å²) in [5.74, 6) is -0.424. The number of likely N-dealkylation sites (N-methyl/N-ethyl adjacent to an activating group) is 1. The fourth-order valence-electron chi connectivity index (χ4n) is 2.71. The molecule has 0 spiro atoms. The number of rotatable bonds is 2. The Bertz CT molecular complexity index is 481. The molecule has 0 aliphatic carbocycles. The fraction of sp³-hybridized carbons (Fsp3) is 0.533. The van der Waals surface area contributed by atoms with Crippen LogP contribution in [0.5, 0.6) is 0 Å². The monoisotopic (exact) mass is 261 g/mol. The zero-order valence-electron chi connectivity index (χ0n) is 11.6. The van der Waals surface area contributed by atoms with Gasteiger partial charge < -0.3 is 9.80 Å². The molecule has 3 nitrogen and oxygen atoms in total. The van der Waals surface area contributed by atoms with Crippen LogP contribution in [0.3, 0.4) is 0 Å². The summed E-state index contributed by atoms with van der Waals surface area (Å²) in [5.41, 5.74) is 1.00. The molecule has 0 saturated carbocycles. The van der Waals surface area contributed by atoms with Crippen LogP contribution in [0.15, 0.2) is 18.2 Å². The van der Waals surface area contributed by atoms with Crippen LogP contribution in [-0.2, 0) is 0 Å². The highest BCUT2D eigenvalue weighted by molar-refractivity contribution is 5.51. The maximum absolute atomic E-state index is 13.8. The summed E-state index contributed by atoms with van der Waals surface area (Å²) < 4.78 is 13.8. The molecular weight excluding hydrogens is 241 g/mol. The lowest BCUT2D eigenvalue weighted by Crippen LogP contribution is -2.39. The lowest BCUT2D eigenvalue weighted by molar-refractivity contribution is 0.328. The van der Waals surface area contributed by atoms with Gasteiger partial charge in [0.05, 0.1) is 5.56 Å². The van der Waals surface area contributed by atoms with Crippen molar-refractivity contribution in [2.24, 2.45) is 0 Å². The summed E-state index contributed by atoms with van der Waals surface area (Å²) in [6, 6.07) is 7.20. The lowest BCUT2D eigenvalue weighted by Gasteiger charge is -2.32. The van der Waals surface area contributed by atoms with Crippen molar-refractivity contribution in [3.05, 3.63) is 29.6 Å². The molecule has 1 unspecified atom stereocenters. The number of hydrogen-bond donors (Lipinski definition) is 0. The van der Waals surface area contributed by atoms with E-state index in [4.69, 9.17) is 5.26 Å². The molecule has 1 aliphatic rings. The molecule has 1 fully saturated rings. The van der Waals surface area contributed by atoms with E-state index in [9.17, 15) is 4.39 Å². The Morgan fingerprint density at radius 3 is 2.84 bits per heavy atom. The van der Waals surface area contributed by atoms with Crippen molar-refractivity contribution in [2.75, 3.05) is 31.6 Å². The fourth-order valence-corrected chi connectivity index (χ4v) is 2.71. The summed E-state index contributed by atoms with van der Waals surface area (Å²) >= 11 is 0. The third-order valence-corrected chi connectivity index (χ3v) is 3.78. The number of halogens is 1. The van der Waals surface area contributed by atoms with Gasteiger partial charge in [-0.1, -0.05) is 6.92 Å². The second kappa shape index (κ2) is 6.03. The molecule has 1 aromatic rings. The number of nitriles is 1. The first-order chi connectivity index (χ1) is 9.15. The first kappa shape index (κ1) is 13.8. The number of nitrogens with zero attached hydrogens (tertiary/aromatic N) is 3. The summed E-state index contributed by atoms with van der Waals surface area (Å²) in [7, 11) is 2.13. The molecule has 0 N–H and O–H groups in total. The van der Waals surface area contributed by atoms with Crippen LogP contribution < -0.4 is 4.90 Å². The molecule has 1 heterocycles. The Balaban J connectivity index is 2.28. The third-order valence-electron chi connectivity index (χ3n) is 3.78. The van der Waals surface area contributed by atoms with Gasteiger partial charge in [0, 0.05) is 24.8 Å². The van der Waals surface area contributed by atoms with Gasteiger partial charge in [-0.25, -0.2) is 4.39 Å². The van der Waals surface area contributed by atoms with E-state index >= 15 is 0 Å². The van der Waals surface area contributed by atoms with Crippen LogP contribution in [0.2, 0.25) is 0 Å². The van der Waals surface area contributed by atoms with Gasteiger partial charge >= 0.3 is 0 Å². The highest BCUT2D eigenvalue weighted by Crippen LogP contribution is 2.24. The molecule has 1 atom stereocenters. The van der Waals surface area contributed by atoms with Gasteiger partial charge in [0.1, 0.15) is 11.9 Å². The zero-order chi connectivity index (χ0) is 13.8. The zero-order valence-corrected chi connectivity index (χ0v) is 11.6. The standard InChI is InChI=1S/C15H20FN3/c1-3-13-11-18(2)7-4-8-19(13)14-6-5-12(10-17)15(16)9-14/h5-6,9,13H,3-4,7-8,11H2,1-2H3. The maximum Gasteiger partial charge on any atom is 0.143 e. The molecule has 0 radical (unpaired) electrons. The molecular formula is C15H20FN3. The normalized spacial score (nSPS) is 20.9. The number of benzene rings is 1. The van der Waals surface area contributed by atoms with E-state index in [0.29, 0.717) is 6.04 Å². The van der Waals surface area contributed by atoms with E-state index in [2.05, 4.69) is 23.8 Å². The molecule has 102 valence electrons. The highest BCUT2D eigenvalue weighted by Gasteiger charge is 2.22. The van der Waals surface area contributed by atoms with E-state index < -0.39 is 5.82 Å². The first-order valence-electron chi connectivity index (χ1n) is 6.80. The molecule has 1 aliphatic heterocycles. The summed E-state index contributed by atoms with van der Waals surface area (Å²) in [6.07, 6.45) is 2.11. The van der Waals surface area contributed by atoms with Gasteiger partial charge in [0.25, 0.3) is 0 Å². The van der Waals surface area contributed by atoms with Crippen LogP contribution in [0.25, 0.3) is 0 Å². The van der Waals surface area contributed by atoms with Crippen molar-refractivity contribution in [3.8, 4) is 6.07 Å². The van der Waals surface area contributed by atoms with E-state index in [1.54, 1.807) is 6.07 Å². The largest absolute Gasteiger partial charge is 0.367 e. The Kier molecular flexibility index (Phi) is 4.39. The predicted molar refractivity (Wildman–Crippen MR) is 74.7 cm³/mol. The van der Waals surface area contributed by atoms with E-state index in [-0.39, 0.29) is 5.56 Å². The van der Waals surface area contributed by atoms with Gasteiger partial charge in [0.2, 0.25) is 0 Å². The summed E-state index contributed by atoms with van der Waals surface area (Å²) in [5, 5.41) is 8.79. The highest BCUT2D eigenvalue weighted by atomic mass is 19.1. The van der Waals surface area contributed by atoms with Gasteiger partial charge in [-0.2, -0.15) is 5.26 Å². The molecule has 0 bridgehead atoms. The van der Waals surface area contributed by atoms with Crippen LogP contribution in [0.1, 0.15) is 25.3 Å². The molecule has 19 heavy (non-hydrogen) atoms. The van der Waals surface area contributed by atoms with Crippen LogP contribution in [-0.4, -0.2) is 37.6 Å². The first-order valence-corrected chi connectivity index (χ1v) is 6.80. The smallest absolute Gasteiger partial charge is 0.143 e. The van der Waals surface area contributed by atoms with E-state index in [1.807, 2.05) is 12.1 Å². The Labute approximate surface area is 114 Å². The van der Waals surface area contributed by atoms with Gasteiger partial charge in [0.15, 0.2) is 0 Å². The molecule has 2 rings (SSSR count). The molecule has 1 aromatic carbocycles. The minimum absolute atomic E-state index is 0.115. The number of hydrogen-bond acceptors (Lipinski definition) is 3. The summed E-state index contributed by atoms with van der Waals surface area (Å²) in [6.45, 7) is 5.18. The topological polar surface area (TPSA) is 30.3 Å². The minimum atomic E-state index is -0.424. The second-order valence-corrected chi connectivity index (χ2v) is 5.15. The second-order valence-electron chi connectivity index (χ2n) is 5.15. The molecule has 4 heteroatoms. The average Bonchev–Trinajstić information content (AvgIpc) is 2.60. The van der Waals surface area contributed by atoms with Gasteiger partial charge in [-0.3, -0.25) is 0 Å².